The molecular weight excluding hydrogens is 170 g/mol. The van der Waals surface area contributed by atoms with Gasteiger partial charge in [0, 0.05) is 11.9 Å². The molecule has 0 amide bonds. The summed E-state index contributed by atoms with van der Waals surface area (Å²) in [5.74, 6) is 1.35. The maximum atomic E-state index is 4.09. The lowest BCUT2D eigenvalue weighted by molar-refractivity contribution is 0.788. The highest BCUT2D eigenvalue weighted by atomic mass is 32.1. The number of hydrogen-bond donors (Lipinski definition) is 1. The van der Waals surface area contributed by atoms with Gasteiger partial charge in [-0.15, -0.1) is 5.11 Å². The van der Waals surface area contributed by atoms with Crippen LogP contribution in [0.2, 0.25) is 0 Å². The Morgan fingerprint density at radius 3 is 3.00 bits per heavy atom. The lowest BCUT2D eigenvalue weighted by Gasteiger charge is -1.96. The average Bonchev–Trinajstić information content (AvgIpc) is 2.16. The third-order valence-electron chi connectivity index (χ3n) is 1.27. The van der Waals surface area contributed by atoms with Crippen molar-refractivity contribution in [2.24, 2.45) is 10.2 Å². The first-order valence-electron chi connectivity index (χ1n) is 3.75. The van der Waals surface area contributed by atoms with Gasteiger partial charge in [0.15, 0.2) is 5.82 Å². The minimum Gasteiger partial charge on any atom is -0.236 e. The standard InChI is InChI=1S/C8H11N3S/c1-7(6-12)10-11-8-4-2-3-5-9-8/h2-5,7,12H,6H2,1H3/b11-10+. The van der Waals surface area contributed by atoms with Gasteiger partial charge in [-0.25, -0.2) is 4.98 Å². The molecule has 0 fully saturated rings. The van der Waals surface area contributed by atoms with Crippen molar-refractivity contribution < 1.29 is 0 Å². The van der Waals surface area contributed by atoms with Gasteiger partial charge < -0.3 is 0 Å². The summed E-state index contributed by atoms with van der Waals surface area (Å²) in [6.07, 6.45) is 1.69. The molecular formula is C8H11N3S. The topological polar surface area (TPSA) is 37.6 Å². The zero-order chi connectivity index (χ0) is 8.81. The molecule has 0 radical (unpaired) electrons. The predicted molar refractivity (Wildman–Crippen MR) is 52.1 cm³/mol. The first kappa shape index (κ1) is 9.19. The molecule has 1 unspecified atom stereocenters. The van der Waals surface area contributed by atoms with Crippen molar-refractivity contribution in [2.45, 2.75) is 13.0 Å². The molecule has 0 saturated heterocycles. The summed E-state index contributed by atoms with van der Waals surface area (Å²) in [6, 6.07) is 5.69. The molecule has 1 aromatic heterocycles. The largest absolute Gasteiger partial charge is 0.236 e. The molecule has 3 nitrogen and oxygen atoms in total. The highest BCUT2D eigenvalue weighted by molar-refractivity contribution is 7.80. The zero-order valence-electron chi connectivity index (χ0n) is 6.88. The van der Waals surface area contributed by atoms with E-state index >= 15 is 0 Å². The van der Waals surface area contributed by atoms with Gasteiger partial charge >= 0.3 is 0 Å². The van der Waals surface area contributed by atoms with Crippen molar-refractivity contribution in [1.82, 2.24) is 4.98 Å². The van der Waals surface area contributed by atoms with Crippen LogP contribution < -0.4 is 0 Å². The molecule has 4 heteroatoms. The van der Waals surface area contributed by atoms with Crippen LogP contribution in [0.1, 0.15) is 6.92 Å². The van der Waals surface area contributed by atoms with Crippen LogP contribution in [0.3, 0.4) is 0 Å². The summed E-state index contributed by atoms with van der Waals surface area (Å²) in [4.78, 5) is 4.00. The minimum absolute atomic E-state index is 0.148. The Labute approximate surface area is 77.3 Å². The summed E-state index contributed by atoms with van der Waals surface area (Å²) < 4.78 is 0. The first-order chi connectivity index (χ1) is 5.83. The Morgan fingerprint density at radius 1 is 1.58 bits per heavy atom. The fourth-order valence-electron chi connectivity index (χ4n) is 0.607. The van der Waals surface area contributed by atoms with Crippen molar-refractivity contribution >= 4 is 18.4 Å². The van der Waals surface area contributed by atoms with Crippen molar-refractivity contribution in [3.63, 3.8) is 0 Å². The van der Waals surface area contributed by atoms with E-state index in [2.05, 4.69) is 27.8 Å². The molecule has 0 aliphatic rings. The Kier molecular flexibility index (Phi) is 3.73. The Bertz CT molecular complexity index is 248. The minimum atomic E-state index is 0.148. The van der Waals surface area contributed by atoms with E-state index in [0.717, 1.165) is 0 Å². The van der Waals surface area contributed by atoms with E-state index in [9.17, 15) is 0 Å². The summed E-state index contributed by atoms with van der Waals surface area (Å²) in [6.45, 7) is 1.96. The van der Waals surface area contributed by atoms with Gasteiger partial charge in [0.25, 0.3) is 0 Å². The third-order valence-corrected chi connectivity index (χ3v) is 1.80. The molecule has 1 rings (SSSR count). The molecule has 0 spiro atoms. The van der Waals surface area contributed by atoms with Gasteiger partial charge in [-0.3, -0.25) is 0 Å². The van der Waals surface area contributed by atoms with E-state index in [1.807, 2.05) is 25.1 Å². The van der Waals surface area contributed by atoms with Gasteiger partial charge in [0.2, 0.25) is 0 Å². The van der Waals surface area contributed by atoms with Crippen LogP contribution >= 0.6 is 12.6 Å². The summed E-state index contributed by atoms with van der Waals surface area (Å²) >= 11 is 4.09. The van der Waals surface area contributed by atoms with Crippen molar-refractivity contribution in [3.8, 4) is 0 Å². The molecule has 12 heavy (non-hydrogen) atoms. The lowest BCUT2D eigenvalue weighted by Crippen LogP contribution is -1.96. The van der Waals surface area contributed by atoms with E-state index in [4.69, 9.17) is 0 Å². The van der Waals surface area contributed by atoms with Crippen LogP contribution in [-0.2, 0) is 0 Å². The van der Waals surface area contributed by atoms with E-state index in [1.54, 1.807) is 6.20 Å². The van der Waals surface area contributed by atoms with Crippen molar-refractivity contribution in [3.05, 3.63) is 24.4 Å². The molecule has 0 saturated carbocycles. The van der Waals surface area contributed by atoms with Crippen molar-refractivity contribution in [1.29, 1.82) is 0 Å². The van der Waals surface area contributed by atoms with Crippen LogP contribution in [-0.4, -0.2) is 16.8 Å². The number of hydrogen-bond acceptors (Lipinski definition) is 4. The van der Waals surface area contributed by atoms with E-state index < -0.39 is 0 Å². The van der Waals surface area contributed by atoms with Gasteiger partial charge in [-0.05, 0) is 19.1 Å². The fraction of sp³-hybridized carbons (Fsp3) is 0.375. The highest BCUT2D eigenvalue weighted by Gasteiger charge is 1.93. The number of azo groups is 1. The SMILES string of the molecule is CC(CS)/N=N/c1ccccn1. The monoisotopic (exact) mass is 181 g/mol. The predicted octanol–water partition coefficient (Wildman–Crippen LogP) is 2.48. The van der Waals surface area contributed by atoms with Crippen LogP contribution in [0.15, 0.2) is 34.6 Å². The normalized spacial score (nSPS) is 13.5. The maximum absolute atomic E-state index is 4.09. The third kappa shape index (κ3) is 3.00. The number of rotatable bonds is 3. The second-order valence-electron chi connectivity index (χ2n) is 2.44. The molecule has 0 aromatic carbocycles. The van der Waals surface area contributed by atoms with Gasteiger partial charge in [-0.2, -0.15) is 17.7 Å². The lowest BCUT2D eigenvalue weighted by atomic mass is 10.4. The number of nitrogens with zero attached hydrogens (tertiary/aromatic N) is 3. The number of aromatic nitrogens is 1. The molecule has 0 aliphatic heterocycles. The summed E-state index contributed by atoms with van der Waals surface area (Å²) in [5.41, 5.74) is 0. The molecule has 1 atom stereocenters. The second-order valence-corrected chi connectivity index (χ2v) is 2.80. The zero-order valence-corrected chi connectivity index (χ0v) is 7.78. The van der Waals surface area contributed by atoms with E-state index in [1.165, 1.54) is 0 Å². The molecule has 64 valence electrons. The second kappa shape index (κ2) is 4.87. The fourth-order valence-corrected chi connectivity index (χ4v) is 0.680. The highest BCUT2D eigenvalue weighted by Crippen LogP contribution is 2.07. The van der Waals surface area contributed by atoms with Crippen LogP contribution in [0.5, 0.6) is 0 Å². The molecule has 1 heterocycles. The molecule has 0 aliphatic carbocycles. The molecule has 0 N–H and O–H groups in total. The van der Waals surface area contributed by atoms with Crippen LogP contribution in [0, 0.1) is 0 Å². The number of pyridine rings is 1. The Morgan fingerprint density at radius 2 is 2.42 bits per heavy atom. The van der Waals surface area contributed by atoms with E-state index in [0.29, 0.717) is 11.6 Å². The van der Waals surface area contributed by atoms with Gasteiger partial charge in [0.05, 0.1) is 6.04 Å². The quantitative estimate of drug-likeness (QED) is 0.564. The molecule has 0 bridgehead atoms. The summed E-state index contributed by atoms with van der Waals surface area (Å²) in [7, 11) is 0. The van der Waals surface area contributed by atoms with Crippen molar-refractivity contribution in [2.75, 3.05) is 5.75 Å². The summed E-state index contributed by atoms with van der Waals surface area (Å²) in [5, 5.41) is 7.94. The number of thiol groups is 1. The first-order valence-corrected chi connectivity index (χ1v) is 4.39. The molecule has 1 aromatic rings. The van der Waals surface area contributed by atoms with Gasteiger partial charge in [0.1, 0.15) is 0 Å². The smallest absolute Gasteiger partial charge is 0.173 e. The average molecular weight is 181 g/mol. The Balaban J connectivity index is 2.58. The van der Waals surface area contributed by atoms with Crippen LogP contribution in [0.25, 0.3) is 0 Å². The maximum Gasteiger partial charge on any atom is 0.173 e. The van der Waals surface area contributed by atoms with Gasteiger partial charge in [-0.1, -0.05) is 6.07 Å². The Hall–Kier alpha value is -0.900. The van der Waals surface area contributed by atoms with E-state index in [-0.39, 0.29) is 6.04 Å². The van der Waals surface area contributed by atoms with Crippen LogP contribution in [0.4, 0.5) is 5.82 Å².